The Hall–Kier alpha value is -8.13. The second kappa shape index (κ2) is 33.8. The standard InChI is InChI=1S/C37H34NO2P.C32H12BF24.C8H12.Ir/c1-29-35(38-36(39-29)32-21-11-4-12-22-32)37(27-30-17-7-2-8-18-30,28-31-19-9-3-10-20-31)40-41(33-23-13-5-14-24-33)34-25-15-6-16-26-34;34-25(35,36)13-1-14(26(37,38)39)6-21(5-13)33(22-7-15(27(40,41)42)2-16(8-22)28(43,44)45,23-9-17(29(46,47)48)3-18(10-23)30(49,50)51)24-11-19(31(52,53)54)4-20(12-24)32(55,56)57;1-2-4-6-8-7-5-3-1;/h2-26,29,35H,27-28H2,1H3;1-12H;1-2,7-8H,3-6H2;/q;-1;;/t29-,35-;;;/m0.../s1. The molecule has 107 heavy (non-hydrogen) atoms. The number of ether oxygens (including phenoxy) is 1. The van der Waals surface area contributed by atoms with Crippen molar-refractivity contribution in [1.29, 1.82) is 0 Å². The summed E-state index contributed by atoms with van der Waals surface area (Å²) in [5.41, 5.74) is -27.5. The third-order valence-corrected chi connectivity index (χ3v) is 19.4. The Labute approximate surface area is 613 Å². The first-order valence-corrected chi connectivity index (χ1v) is 33.4. The third-order valence-electron chi connectivity index (χ3n) is 17.3. The molecular weight excluding hydrogens is 1660 g/mol. The Morgan fingerprint density at radius 2 is 0.579 bits per heavy atom. The van der Waals surface area contributed by atoms with E-state index < -0.39 is 208 Å². The van der Waals surface area contributed by atoms with Gasteiger partial charge in [-0.2, -0.15) is 127 Å². The maximum absolute atomic E-state index is 14.2. The van der Waals surface area contributed by atoms with Crippen molar-refractivity contribution in [3.05, 3.63) is 311 Å². The second-order valence-corrected chi connectivity index (χ2v) is 26.6. The van der Waals surface area contributed by atoms with E-state index in [1.54, 1.807) is 0 Å². The molecule has 0 bridgehead atoms. The Morgan fingerprint density at radius 3 is 0.822 bits per heavy atom. The zero-order valence-electron chi connectivity index (χ0n) is 55.3. The fraction of sp³-hybridized carbons (Fsp3) is 0.234. The molecule has 11 rings (SSSR count). The summed E-state index contributed by atoms with van der Waals surface area (Å²) < 4.78 is 355. The van der Waals surface area contributed by atoms with Crippen molar-refractivity contribution in [2.75, 3.05) is 0 Å². The Bertz CT molecular complexity index is 3870. The van der Waals surface area contributed by atoms with Crippen LogP contribution in [-0.4, -0.2) is 29.8 Å². The molecule has 1 aliphatic heterocycles. The molecule has 5 radical (unpaired) electrons. The summed E-state index contributed by atoms with van der Waals surface area (Å²) in [6.07, 6.45) is -39.6. The predicted molar refractivity (Wildman–Crippen MR) is 356 cm³/mol. The van der Waals surface area contributed by atoms with Crippen LogP contribution in [0.15, 0.2) is 229 Å². The number of hydrogen-bond donors (Lipinski definition) is 0. The van der Waals surface area contributed by atoms with Crippen LogP contribution in [0.25, 0.3) is 0 Å². The molecule has 1 saturated carbocycles. The van der Waals surface area contributed by atoms with E-state index >= 15 is 0 Å². The van der Waals surface area contributed by atoms with E-state index in [9.17, 15) is 105 Å². The van der Waals surface area contributed by atoms with Crippen molar-refractivity contribution in [1.82, 2.24) is 0 Å². The molecule has 0 amide bonds. The van der Waals surface area contributed by atoms with Crippen LogP contribution in [0.1, 0.15) is 93.8 Å². The van der Waals surface area contributed by atoms with Crippen molar-refractivity contribution in [3.8, 4) is 0 Å². The average Bonchev–Trinajstić information content (AvgIpc) is 1.16. The maximum Gasteiger partial charge on any atom is 0.416 e. The van der Waals surface area contributed by atoms with Gasteiger partial charge in [0.2, 0.25) is 5.90 Å². The van der Waals surface area contributed by atoms with E-state index in [1.807, 2.05) is 18.2 Å². The van der Waals surface area contributed by atoms with Crippen molar-refractivity contribution >= 4 is 52.7 Å². The van der Waals surface area contributed by atoms with Crippen LogP contribution in [-0.2, 0) is 91.6 Å². The molecule has 569 valence electrons. The van der Waals surface area contributed by atoms with Gasteiger partial charge in [0.1, 0.15) is 23.9 Å². The van der Waals surface area contributed by atoms with E-state index in [0.717, 1.165) is 5.56 Å². The second-order valence-electron chi connectivity index (χ2n) is 24.8. The smallest absolute Gasteiger partial charge is 0.416 e. The SMILES string of the molecule is C[C@@H]1OC(c2ccccc2)=N[C@@H]1C(Cc1ccccc1)(Cc1ccccc1)OP(c1ccccc1)c1ccccc1.FC(F)(F)c1cc([B-](c2cc(C(F)(F)F)cc(C(F)(F)F)c2)(c2cc(C(F)(F)F)cc(C(F)(F)F)c2)c2cc(C(F)(F)F)cc(C(F)(F)F)c2)cc(C(F)(F)F)c1.[CH]1[CH]CC[CH][CH]CC1.[Ir]. The third kappa shape index (κ3) is 21.4. The van der Waals surface area contributed by atoms with Gasteiger partial charge in [-0.05, 0) is 106 Å². The molecule has 2 atom stereocenters. The number of rotatable bonds is 14. The molecule has 9 aromatic carbocycles. The van der Waals surface area contributed by atoms with Gasteiger partial charge in [-0.3, -0.25) is 0 Å². The summed E-state index contributed by atoms with van der Waals surface area (Å²) in [5, 5.41) is 2.36. The summed E-state index contributed by atoms with van der Waals surface area (Å²) in [4.78, 5) is 5.32. The van der Waals surface area contributed by atoms with Gasteiger partial charge in [0.15, 0.2) is 0 Å². The Morgan fingerprint density at radius 1 is 0.346 bits per heavy atom. The summed E-state index contributed by atoms with van der Waals surface area (Å²) >= 11 is 0. The van der Waals surface area contributed by atoms with Gasteiger partial charge < -0.3 is 9.26 Å². The Kier molecular flexibility index (Phi) is 26.7. The topological polar surface area (TPSA) is 30.8 Å². The van der Waals surface area contributed by atoms with Gasteiger partial charge >= 0.3 is 49.4 Å². The number of alkyl halides is 24. The quantitative estimate of drug-likeness (QED) is 0.0617. The molecule has 9 aromatic rings. The van der Waals surface area contributed by atoms with E-state index in [4.69, 9.17) is 14.3 Å². The van der Waals surface area contributed by atoms with Crippen LogP contribution >= 0.6 is 8.15 Å². The average molecular weight is 1720 g/mol. The van der Waals surface area contributed by atoms with E-state index in [0.29, 0.717) is 18.7 Å². The maximum atomic E-state index is 14.2. The normalized spacial score (nSPS) is 15.9. The van der Waals surface area contributed by atoms with Crippen LogP contribution in [0.5, 0.6) is 0 Å². The minimum absolute atomic E-state index is 0. The van der Waals surface area contributed by atoms with Gasteiger partial charge in [0.25, 0.3) is 0 Å². The molecule has 0 saturated heterocycles. The molecule has 3 nitrogen and oxygen atoms in total. The zero-order valence-corrected chi connectivity index (χ0v) is 58.6. The van der Waals surface area contributed by atoms with Gasteiger partial charge in [-0.25, -0.2) is 4.99 Å². The fourth-order valence-corrected chi connectivity index (χ4v) is 14.5. The van der Waals surface area contributed by atoms with Crippen LogP contribution in [0.4, 0.5) is 105 Å². The summed E-state index contributed by atoms with van der Waals surface area (Å²) in [6, 6.07) is 43.7. The minimum Gasteiger partial charge on any atom is -0.472 e. The number of halogens is 24. The van der Waals surface area contributed by atoms with Crippen molar-refractivity contribution in [2.45, 2.75) is 113 Å². The molecule has 0 N–H and O–H groups in total. The first-order valence-electron chi connectivity index (χ1n) is 32.1. The molecule has 0 aromatic heterocycles. The largest absolute Gasteiger partial charge is 0.472 e. The van der Waals surface area contributed by atoms with Crippen molar-refractivity contribution in [2.24, 2.45) is 4.99 Å². The van der Waals surface area contributed by atoms with E-state index in [1.165, 1.54) is 47.4 Å². The van der Waals surface area contributed by atoms with Gasteiger partial charge in [-0.1, -0.05) is 188 Å². The van der Waals surface area contributed by atoms with Gasteiger partial charge in [0.05, 0.1) is 52.7 Å². The molecule has 1 aliphatic carbocycles. The van der Waals surface area contributed by atoms with Crippen LogP contribution in [0.3, 0.4) is 0 Å². The van der Waals surface area contributed by atoms with Crippen LogP contribution < -0.4 is 32.5 Å². The van der Waals surface area contributed by atoms with Crippen molar-refractivity contribution < 1.29 is 135 Å². The molecule has 30 heteroatoms. The van der Waals surface area contributed by atoms with Crippen molar-refractivity contribution in [3.63, 3.8) is 0 Å². The Balaban J connectivity index is 0.000000251. The van der Waals surface area contributed by atoms with Crippen LogP contribution in [0, 0.1) is 25.7 Å². The molecule has 0 spiro atoms. The minimum atomic E-state index is -6.13. The van der Waals surface area contributed by atoms with E-state index in [-0.39, 0.29) is 32.3 Å². The first kappa shape index (κ1) is 84.5. The summed E-state index contributed by atoms with van der Waals surface area (Å²) in [6.45, 7) is 2.13. The predicted octanol–water partition coefficient (Wildman–Crippen LogP) is 21.1. The monoisotopic (exact) mass is 1720 g/mol. The number of benzene rings is 9. The molecule has 2 aliphatic rings. The first-order chi connectivity index (χ1) is 49.5. The summed E-state index contributed by atoms with van der Waals surface area (Å²) in [7, 11) is -1.16. The van der Waals surface area contributed by atoms with Gasteiger partial charge in [0, 0.05) is 49.1 Å². The molecular formula is C77H58BF24IrNO2P-. The molecule has 0 unspecified atom stereocenters. The number of aliphatic imine (C=N–C) groups is 1. The number of nitrogens with zero attached hydrogens (tertiary/aromatic N) is 1. The zero-order chi connectivity index (χ0) is 77.5. The molecule has 1 fully saturated rings. The van der Waals surface area contributed by atoms with Gasteiger partial charge in [-0.15, -0.1) is 0 Å². The summed E-state index contributed by atoms with van der Waals surface area (Å²) in [5.74, 6) is 0.681. The van der Waals surface area contributed by atoms with E-state index in [2.05, 4.69) is 166 Å². The number of hydrogen-bond acceptors (Lipinski definition) is 3. The van der Waals surface area contributed by atoms with Crippen LogP contribution in [0.2, 0.25) is 0 Å². The molecule has 1 heterocycles. The fourth-order valence-electron chi connectivity index (χ4n) is 12.5.